The summed E-state index contributed by atoms with van der Waals surface area (Å²) in [6.45, 7) is 0. The van der Waals surface area contributed by atoms with Crippen molar-refractivity contribution in [3.05, 3.63) is 29.3 Å². The number of hydrogen-bond donors (Lipinski definition) is 2. The molecule has 8 heteroatoms. The lowest BCUT2D eigenvalue weighted by atomic mass is 9.93. The van der Waals surface area contributed by atoms with Gasteiger partial charge in [-0.2, -0.15) is 0 Å². The minimum absolute atomic E-state index is 0.0693. The molecule has 0 aromatic heterocycles. The van der Waals surface area contributed by atoms with Gasteiger partial charge in [-0.3, -0.25) is 14.4 Å². The first-order chi connectivity index (χ1) is 14.4. The highest BCUT2D eigenvalue weighted by Gasteiger charge is 2.25. The van der Waals surface area contributed by atoms with E-state index in [4.69, 9.17) is 0 Å². The van der Waals surface area contributed by atoms with Gasteiger partial charge in [0.05, 0.1) is 17.2 Å². The molecule has 0 spiro atoms. The molecule has 30 heavy (non-hydrogen) atoms. The Balaban J connectivity index is 0.00000141. The average Bonchev–Trinajstić information content (AvgIpc) is 2.75. The summed E-state index contributed by atoms with van der Waals surface area (Å²) in [4.78, 5) is 59.0. The van der Waals surface area contributed by atoms with Gasteiger partial charge in [0.2, 0.25) is 0 Å². The molecule has 0 aliphatic heterocycles. The van der Waals surface area contributed by atoms with E-state index < -0.39 is 11.9 Å². The lowest BCUT2D eigenvalue weighted by molar-refractivity contribution is -0.120. The Labute approximate surface area is 177 Å². The number of anilines is 1. The first-order valence-corrected chi connectivity index (χ1v) is 10.0. The molecule has 164 valence electrons. The van der Waals surface area contributed by atoms with Gasteiger partial charge in [-0.25, -0.2) is 0 Å². The highest BCUT2D eigenvalue weighted by molar-refractivity contribution is 6.05. The summed E-state index contributed by atoms with van der Waals surface area (Å²) in [7, 11) is 5.23. The summed E-state index contributed by atoms with van der Waals surface area (Å²) in [5, 5.41) is 6.01. The van der Waals surface area contributed by atoms with E-state index in [-0.39, 0.29) is 35.8 Å². The number of Topliss-reactive ketones (excluding diaryl/α,β-unsaturated/α-hetero) is 1. The predicted molar refractivity (Wildman–Crippen MR) is 115 cm³/mol. The molecule has 8 nitrogen and oxygen atoms in total. The van der Waals surface area contributed by atoms with Crippen LogP contribution in [0.2, 0.25) is 0 Å². The van der Waals surface area contributed by atoms with Crippen LogP contribution in [0, 0.1) is 0 Å². The zero-order valence-electron chi connectivity index (χ0n) is 17.8. The van der Waals surface area contributed by atoms with E-state index >= 15 is 0 Å². The Morgan fingerprint density at radius 3 is 2.37 bits per heavy atom. The number of ketones is 1. The van der Waals surface area contributed by atoms with Crippen LogP contribution < -0.4 is 10.6 Å². The van der Waals surface area contributed by atoms with Crippen molar-refractivity contribution < 1.29 is 24.0 Å². The first kappa shape index (κ1) is 25.2. The maximum atomic E-state index is 12.8. The van der Waals surface area contributed by atoms with Gasteiger partial charge >= 0.3 is 0 Å². The number of nitrogens with zero attached hydrogens (tertiary/aromatic N) is 1. The second-order valence-corrected chi connectivity index (χ2v) is 7.21. The van der Waals surface area contributed by atoms with Crippen LogP contribution in [0.3, 0.4) is 0 Å². The van der Waals surface area contributed by atoms with Crippen molar-refractivity contribution in [1.82, 2.24) is 10.2 Å². The molecule has 0 radical (unpaired) electrons. The highest BCUT2D eigenvalue weighted by Crippen LogP contribution is 2.25. The fourth-order valence-electron chi connectivity index (χ4n) is 3.24. The van der Waals surface area contributed by atoms with Crippen molar-refractivity contribution in [2.24, 2.45) is 0 Å². The standard InChI is InChI=1S/C20H24N2O5.C2H7N/c1-22(15(12-24)4-3-11-23)20(27)17-5-2-6-19(18(17)13-25)21-14-7-9-16(26)10-8-14;1-3-2/h2,5-6,11-15,21H,3-4,7-10H2,1H3;3H,1-2H3. The molecule has 2 N–H and O–H groups in total. The number of carbonyl (C=O) groups excluding carboxylic acids is 5. The van der Waals surface area contributed by atoms with Crippen LogP contribution in [0.5, 0.6) is 0 Å². The third-order valence-electron chi connectivity index (χ3n) is 4.91. The maximum absolute atomic E-state index is 12.8. The fraction of sp³-hybridized carbons (Fsp3) is 0.500. The largest absolute Gasteiger partial charge is 0.382 e. The second kappa shape index (κ2) is 13.4. The Hall–Kier alpha value is -2.87. The van der Waals surface area contributed by atoms with Crippen molar-refractivity contribution in [3.8, 4) is 0 Å². The Kier molecular flexibility index (Phi) is 11.2. The molecule has 0 bridgehead atoms. The van der Waals surface area contributed by atoms with Crippen LogP contribution in [0.1, 0.15) is 59.2 Å². The van der Waals surface area contributed by atoms with Gasteiger partial charge in [-0.05, 0) is 45.5 Å². The van der Waals surface area contributed by atoms with Crippen molar-refractivity contribution in [1.29, 1.82) is 0 Å². The zero-order chi connectivity index (χ0) is 22.5. The van der Waals surface area contributed by atoms with E-state index in [1.54, 1.807) is 18.2 Å². The van der Waals surface area contributed by atoms with Crippen LogP contribution in [0.4, 0.5) is 5.69 Å². The molecule has 0 heterocycles. The summed E-state index contributed by atoms with van der Waals surface area (Å²) in [6, 6.07) is 4.27. The third kappa shape index (κ3) is 7.18. The lowest BCUT2D eigenvalue weighted by Crippen LogP contribution is -2.38. The van der Waals surface area contributed by atoms with Gasteiger partial charge in [0.15, 0.2) is 6.29 Å². The van der Waals surface area contributed by atoms with Gasteiger partial charge in [0.25, 0.3) is 5.91 Å². The van der Waals surface area contributed by atoms with Gasteiger partial charge in [0.1, 0.15) is 18.4 Å². The van der Waals surface area contributed by atoms with Crippen LogP contribution in [-0.2, 0) is 14.4 Å². The molecule has 1 unspecified atom stereocenters. The smallest absolute Gasteiger partial charge is 0.255 e. The predicted octanol–water partition coefficient (Wildman–Crippen LogP) is 1.88. The van der Waals surface area contributed by atoms with Crippen LogP contribution in [-0.4, -0.2) is 68.7 Å². The number of nitrogens with one attached hydrogen (secondary N) is 2. The second-order valence-electron chi connectivity index (χ2n) is 7.21. The Bertz CT molecular complexity index is 740. The quantitative estimate of drug-likeness (QED) is 0.590. The lowest BCUT2D eigenvalue weighted by Gasteiger charge is -2.26. The zero-order valence-corrected chi connectivity index (χ0v) is 17.8. The summed E-state index contributed by atoms with van der Waals surface area (Å²) < 4.78 is 0. The molecule has 1 atom stereocenters. The third-order valence-corrected chi connectivity index (χ3v) is 4.91. The highest BCUT2D eigenvalue weighted by atomic mass is 16.2. The van der Waals surface area contributed by atoms with E-state index in [9.17, 15) is 24.0 Å². The summed E-state index contributed by atoms with van der Waals surface area (Å²) in [5.41, 5.74) is 0.966. The molecule has 0 saturated heterocycles. The van der Waals surface area contributed by atoms with E-state index in [0.29, 0.717) is 50.2 Å². The number of likely N-dealkylation sites (N-methyl/N-ethyl adjacent to an activating group) is 1. The average molecular weight is 418 g/mol. The molecule has 1 amide bonds. The van der Waals surface area contributed by atoms with Crippen molar-refractivity contribution in [3.63, 3.8) is 0 Å². The van der Waals surface area contributed by atoms with E-state index in [1.165, 1.54) is 11.9 Å². The van der Waals surface area contributed by atoms with Crippen LogP contribution in [0.25, 0.3) is 0 Å². The SMILES string of the molecule is CN(C(=O)c1cccc(NC2CCC(=O)CC2)c1C=O)C(C=O)CCC=O.CNC. The van der Waals surface area contributed by atoms with Crippen LogP contribution in [0.15, 0.2) is 18.2 Å². The number of carbonyl (C=O) groups is 5. The van der Waals surface area contributed by atoms with Gasteiger partial charge < -0.3 is 25.1 Å². The van der Waals surface area contributed by atoms with Gasteiger partial charge in [0, 0.05) is 38.0 Å². The van der Waals surface area contributed by atoms with Gasteiger partial charge in [-0.15, -0.1) is 0 Å². The monoisotopic (exact) mass is 417 g/mol. The molecule has 1 aliphatic rings. The molecule has 1 saturated carbocycles. The van der Waals surface area contributed by atoms with E-state index in [1.807, 2.05) is 14.1 Å². The summed E-state index contributed by atoms with van der Waals surface area (Å²) >= 11 is 0. The Morgan fingerprint density at radius 1 is 1.20 bits per heavy atom. The topological polar surface area (TPSA) is 113 Å². The fourth-order valence-corrected chi connectivity index (χ4v) is 3.24. The molecule has 1 aliphatic carbocycles. The number of amides is 1. The molecule has 1 aromatic carbocycles. The maximum Gasteiger partial charge on any atom is 0.255 e. The number of benzene rings is 1. The molecular weight excluding hydrogens is 386 g/mol. The first-order valence-electron chi connectivity index (χ1n) is 10.0. The summed E-state index contributed by atoms with van der Waals surface area (Å²) in [6.07, 6.45) is 4.75. The van der Waals surface area contributed by atoms with Crippen molar-refractivity contribution >= 4 is 36.2 Å². The van der Waals surface area contributed by atoms with Crippen molar-refractivity contribution in [2.75, 3.05) is 26.5 Å². The molecular formula is C22H31N3O5. The molecule has 1 fully saturated rings. The summed E-state index contributed by atoms with van der Waals surface area (Å²) in [5.74, 6) is -0.216. The molecule has 1 aromatic rings. The van der Waals surface area contributed by atoms with E-state index in [0.717, 1.165) is 0 Å². The Morgan fingerprint density at radius 2 is 1.83 bits per heavy atom. The van der Waals surface area contributed by atoms with Gasteiger partial charge in [-0.1, -0.05) is 6.07 Å². The minimum atomic E-state index is -0.733. The normalized spacial score (nSPS) is 14.7. The van der Waals surface area contributed by atoms with Crippen LogP contribution >= 0.6 is 0 Å². The molecule has 2 rings (SSSR count). The number of aldehydes is 3. The van der Waals surface area contributed by atoms with E-state index in [2.05, 4.69) is 10.6 Å². The number of hydrogen-bond acceptors (Lipinski definition) is 7. The minimum Gasteiger partial charge on any atom is -0.382 e. The number of rotatable bonds is 9. The van der Waals surface area contributed by atoms with Crippen molar-refractivity contribution in [2.45, 2.75) is 50.6 Å².